The lowest BCUT2D eigenvalue weighted by atomic mass is 9.94. The van der Waals surface area contributed by atoms with E-state index in [0.29, 0.717) is 44.8 Å². The number of fused-ring (bicyclic) bond motifs is 6. The van der Waals surface area contributed by atoms with Crippen LogP contribution >= 0.6 is 0 Å². The Labute approximate surface area is 348 Å². The molecule has 0 aliphatic carbocycles. The van der Waals surface area contributed by atoms with E-state index in [9.17, 15) is 29.0 Å². The Balaban J connectivity index is 1.39. The molecule has 0 radical (unpaired) electrons. The third kappa shape index (κ3) is 5.99. The molecule has 0 saturated carbocycles. The highest BCUT2D eigenvalue weighted by molar-refractivity contribution is 6.13. The summed E-state index contributed by atoms with van der Waals surface area (Å²) < 4.78 is 48.5. The summed E-state index contributed by atoms with van der Waals surface area (Å²) in [6.45, 7) is 1.65. The Hall–Kier alpha value is -8.38. The highest BCUT2D eigenvalue weighted by Crippen LogP contribution is 2.45. The summed E-state index contributed by atoms with van der Waals surface area (Å²) in [5.41, 5.74) is 8.83. The van der Waals surface area contributed by atoms with Crippen molar-refractivity contribution in [3.63, 3.8) is 0 Å². The lowest BCUT2D eigenvalue weighted by Gasteiger charge is -2.22. The van der Waals surface area contributed by atoms with E-state index in [1.165, 1.54) is 6.07 Å². The molecular formula is C53H30F3N5. The number of nitriles is 3. The maximum atomic E-state index is 14.8. The molecule has 2 aromatic heterocycles. The minimum atomic E-state index is -4.64. The van der Waals surface area contributed by atoms with Crippen molar-refractivity contribution in [2.75, 3.05) is 0 Å². The van der Waals surface area contributed by atoms with Crippen LogP contribution in [-0.2, 0) is 6.18 Å². The molecule has 288 valence electrons. The first-order valence-corrected chi connectivity index (χ1v) is 19.5. The minimum absolute atomic E-state index is 0.297. The van der Waals surface area contributed by atoms with E-state index in [-0.39, 0.29) is 0 Å². The van der Waals surface area contributed by atoms with E-state index in [1.54, 1.807) is 37.3 Å². The molecule has 0 atom stereocenters. The summed E-state index contributed by atoms with van der Waals surface area (Å²) >= 11 is 0. The number of para-hydroxylation sites is 2. The fourth-order valence-corrected chi connectivity index (χ4v) is 8.88. The van der Waals surface area contributed by atoms with Crippen LogP contribution in [0.3, 0.4) is 0 Å². The van der Waals surface area contributed by atoms with Crippen LogP contribution in [-0.4, -0.2) is 9.13 Å². The molecule has 0 aliphatic rings. The van der Waals surface area contributed by atoms with Gasteiger partial charge in [0.15, 0.2) is 0 Å². The Morgan fingerprint density at radius 2 is 0.902 bits per heavy atom. The van der Waals surface area contributed by atoms with Gasteiger partial charge in [-0.05, 0) is 101 Å². The highest BCUT2D eigenvalue weighted by atomic mass is 19.4. The number of aromatic nitrogens is 2. The van der Waals surface area contributed by atoms with Gasteiger partial charge in [-0.2, -0.15) is 29.0 Å². The average Bonchev–Trinajstić information content (AvgIpc) is 3.80. The maximum Gasteiger partial charge on any atom is 0.416 e. The molecule has 0 saturated heterocycles. The van der Waals surface area contributed by atoms with Crippen LogP contribution in [0.4, 0.5) is 13.2 Å². The van der Waals surface area contributed by atoms with Gasteiger partial charge in [0.1, 0.15) is 0 Å². The Kier molecular flexibility index (Phi) is 8.58. The summed E-state index contributed by atoms with van der Waals surface area (Å²) in [4.78, 5) is 0. The number of hydrogen-bond donors (Lipinski definition) is 0. The smallest absolute Gasteiger partial charge is 0.308 e. The molecule has 0 amide bonds. The van der Waals surface area contributed by atoms with Crippen LogP contribution in [0.5, 0.6) is 0 Å². The molecule has 61 heavy (non-hydrogen) atoms. The van der Waals surface area contributed by atoms with Crippen LogP contribution < -0.4 is 0 Å². The second-order valence-corrected chi connectivity index (χ2v) is 15.1. The maximum absolute atomic E-state index is 14.8. The van der Waals surface area contributed by atoms with Crippen LogP contribution in [0.15, 0.2) is 164 Å². The normalized spacial score (nSPS) is 11.6. The summed E-state index contributed by atoms with van der Waals surface area (Å²) in [7, 11) is 0. The number of benzene rings is 8. The Morgan fingerprint density at radius 3 is 1.38 bits per heavy atom. The number of hydrogen-bond acceptors (Lipinski definition) is 3. The first kappa shape index (κ1) is 36.9. The van der Waals surface area contributed by atoms with E-state index < -0.39 is 11.7 Å². The van der Waals surface area contributed by atoms with Crippen molar-refractivity contribution in [1.82, 2.24) is 9.13 Å². The first-order chi connectivity index (χ1) is 29.7. The van der Waals surface area contributed by atoms with Gasteiger partial charge in [-0.25, -0.2) is 0 Å². The molecule has 8 heteroatoms. The predicted octanol–water partition coefficient (Wildman–Crippen LogP) is 13.8. The van der Waals surface area contributed by atoms with Crippen molar-refractivity contribution in [1.29, 1.82) is 15.8 Å². The molecule has 0 bridgehead atoms. The van der Waals surface area contributed by atoms with E-state index in [1.807, 2.05) is 130 Å². The van der Waals surface area contributed by atoms with Crippen LogP contribution in [0.25, 0.3) is 88.4 Å². The van der Waals surface area contributed by atoms with Gasteiger partial charge in [0.2, 0.25) is 0 Å². The fourth-order valence-electron chi connectivity index (χ4n) is 8.88. The van der Waals surface area contributed by atoms with Gasteiger partial charge >= 0.3 is 6.18 Å². The number of halogens is 3. The van der Waals surface area contributed by atoms with Gasteiger partial charge in [0, 0.05) is 27.1 Å². The number of aryl methyl sites for hydroxylation is 1. The molecule has 0 aliphatic heterocycles. The van der Waals surface area contributed by atoms with Gasteiger partial charge in [-0.3, -0.25) is 0 Å². The molecule has 0 N–H and O–H groups in total. The molecule has 0 fully saturated rings. The predicted molar refractivity (Wildman–Crippen MR) is 235 cm³/mol. The van der Waals surface area contributed by atoms with E-state index in [4.69, 9.17) is 0 Å². The zero-order chi connectivity index (χ0) is 42.0. The summed E-state index contributed by atoms with van der Waals surface area (Å²) in [5.74, 6) is 0. The first-order valence-electron chi connectivity index (χ1n) is 19.5. The summed E-state index contributed by atoms with van der Waals surface area (Å²) in [6, 6.07) is 56.9. The van der Waals surface area contributed by atoms with Gasteiger partial charge in [-0.15, -0.1) is 0 Å². The molecule has 0 unspecified atom stereocenters. The fraction of sp³-hybridized carbons (Fsp3) is 0.0377. The molecule has 2 heterocycles. The molecule has 5 nitrogen and oxygen atoms in total. The van der Waals surface area contributed by atoms with Crippen molar-refractivity contribution in [3.8, 4) is 63.0 Å². The van der Waals surface area contributed by atoms with Gasteiger partial charge in [0.05, 0.1) is 73.9 Å². The number of rotatable bonds is 5. The van der Waals surface area contributed by atoms with Crippen molar-refractivity contribution in [3.05, 3.63) is 192 Å². The van der Waals surface area contributed by atoms with Crippen molar-refractivity contribution >= 4 is 43.6 Å². The largest absolute Gasteiger partial charge is 0.416 e. The van der Waals surface area contributed by atoms with Gasteiger partial charge in [-0.1, -0.05) is 103 Å². The van der Waals surface area contributed by atoms with Crippen LogP contribution in [0.2, 0.25) is 0 Å². The average molecular weight is 794 g/mol. The SMILES string of the molecule is Cc1cc(-c2c(-n3c4ccccc4c4ccc(-c5ccccc5C#N)cc43)cc(C#N)cc2-n2c3ccccc3c3ccc(-c4ccccc4C#N)cc32)cc(C(F)(F)F)c1. The third-order valence-corrected chi connectivity index (χ3v) is 11.5. The quantitative estimate of drug-likeness (QED) is 0.174. The number of nitrogens with zero attached hydrogens (tertiary/aromatic N) is 5. The lowest BCUT2D eigenvalue weighted by Crippen LogP contribution is -2.08. The van der Waals surface area contributed by atoms with Crippen LogP contribution in [0.1, 0.15) is 27.8 Å². The highest BCUT2D eigenvalue weighted by Gasteiger charge is 2.32. The zero-order valence-corrected chi connectivity index (χ0v) is 32.5. The molecule has 8 aromatic carbocycles. The summed E-state index contributed by atoms with van der Waals surface area (Å²) in [5, 5.41) is 34.5. The second-order valence-electron chi connectivity index (χ2n) is 15.1. The summed E-state index contributed by atoms with van der Waals surface area (Å²) in [6.07, 6.45) is -4.64. The standard InChI is InChI=1S/C53H30F3N5/c1-32-22-38(26-39(23-32)53(54,55)56)52-50(60-46-16-8-6-14-42(46)44-20-18-34(27-48(44)60)40-12-4-2-10-36(40)30-58)24-33(29-57)25-51(52)61-47-17-9-7-15-43(47)45-21-19-35(28-49(45)61)41-13-5-3-11-37(41)31-59/h2-28H,1H3. The molecule has 10 aromatic rings. The van der Waals surface area contributed by atoms with E-state index in [2.05, 4.69) is 18.2 Å². The molecule has 0 spiro atoms. The van der Waals surface area contributed by atoms with E-state index in [0.717, 1.165) is 71.9 Å². The number of alkyl halides is 3. The Morgan fingerprint density at radius 1 is 0.443 bits per heavy atom. The molecular weight excluding hydrogens is 764 g/mol. The molecule has 10 rings (SSSR count). The monoisotopic (exact) mass is 793 g/mol. The van der Waals surface area contributed by atoms with Crippen molar-refractivity contribution in [2.45, 2.75) is 13.1 Å². The lowest BCUT2D eigenvalue weighted by molar-refractivity contribution is -0.137. The third-order valence-electron chi connectivity index (χ3n) is 11.5. The van der Waals surface area contributed by atoms with Gasteiger partial charge in [0.25, 0.3) is 0 Å². The van der Waals surface area contributed by atoms with Crippen molar-refractivity contribution in [2.24, 2.45) is 0 Å². The minimum Gasteiger partial charge on any atom is -0.308 e. The zero-order valence-electron chi connectivity index (χ0n) is 32.5. The van der Waals surface area contributed by atoms with E-state index >= 15 is 0 Å². The van der Waals surface area contributed by atoms with Crippen molar-refractivity contribution < 1.29 is 13.2 Å². The second kappa shape index (κ2) is 14.2. The van der Waals surface area contributed by atoms with Crippen LogP contribution in [0, 0.1) is 40.9 Å². The topological polar surface area (TPSA) is 81.2 Å². The van der Waals surface area contributed by atoms with Gasteiger partial charge < -0.3 is 9.13 Å². The Bertz CT molecular complexity index is 3390.